The van der Waals surface area contributed by atoms with Gasteiger partial charge in [0.15, 0.2) is 0 Å². The van der Waals surface area contributed by atoms with Crippen molar-refractivity contribution >= 4 is 5.91 Å². The second kappa shape index (κ2) is 8.27. The van der Waals surface area contributed by atoms with Gasteiger partial charge in [0.25, 0.3) is 0 Å². The molecule has 1 aliphatic carbocycles. The van der Waals surface area contributed by atoms with Crippen LogP contribution in [0.1, 0.15) is 46.0 Å². The lowest BCUT2D eigenvalue weighted by Crippen LogP contribution is -2.33. The number of carbonyl (C=O) groups is 1. The van der Waals surface area contributed by atoms with E-state index in [0.29, 0.717) is 25.3 Å². The fraction of sp³-hybridized carbons (Fsp3) is 0.786. The van der Waals surface area contributed by atoms with Gasteiger partial charge in [0.05, 0.1) is 12.7 Å². The van der Waals surface area contributed by atoms with Gasteiger partial charge in [-0.05, 0) is 39.0 Å². The van der Waals surface area contributed by atoms with Gasteiger partial charge in [-0.15, -0.1) is 0 Å². The molecule has 1 amide bonds. The van der Waals surface area contributed by atoms with E-state index < -0.39 is 0 Å². The number of allylic oxidation sites excluding steroid dienone is 1. The molecule has 0 aromatic rings. The third-order valence-electron chi connectivity index (χ3n) is 3.33. The van der Waals surface area contributed by atoms with Crippen LogP contribution < -0.4 is 11.1 Å². The smallest absolute Gasteiger partial charge is 0.246 e. The molecular formula is C14H26N2O2. The van der Waals surface area contributed by atoms with E-state index in [1.165, 1.54) is 0 Å². The number of carbonyl (C=O) groups excluding carboxylic acids is 1. The van der Waals surface area contributed by atoms with E-state index in [-0.39, 0.29) is 5.91 Å². The van der Waals surface area contributed by atoms with Crippen molar-refractivity contribution in [1.82, 2.24) is 5.32 Å². The molecule has 104 valence electrons. The molecular weight excluding hydrogens is 228 g/mol. The molecule has 4 nitrogen and oxygen atoms in total. The zero-order chi connectivity index (χ0) is 13.4. The highest BCUT2D eigenvalue weighted by Crippen LogP contribution is 2.19. The minimum atomic E-state index is 0.00566. The van der Waals surface area contributed by atoms with Crippen molar-refractivity contribution in [3.63, 3.8) is 0 Å². The topological polar surface area (TPSA) is 64.3 Å². The van der Waals surface area contributed by atoms with Gasteiger partial charge in [-0.3, -0.25) is 4.79 Å². The first-order chi connectivity index (χ1) is 8.63. The summed E-state index contributed by atoms with van der Waals surface area (Å²) in [6.45, 7) is 5.03. The fourth-order valence-corrected chi connectivity index (χ4v) is 2.18. The summed E-state index contributed by atoms with van der Waals surface area (Å²) < 4.78 is 5.73. The van der Waals surface area contributed by atoms with Gasteiger partial charge in [-0.2, -0.15) is 0 Å². The lowest BCUT2D eigenvalue weighted by molar-refractivity contribution is -0.117. The van der Waals surface area contributed by atoms with E-state index in [2.05, 4.69) is 5.32 Å². The van der Waals surface area contributed by atoms with Crippen molar-refractivity contribution in [2.45, 2.75) is 58.1 Å². The van der Waals surface area contributed by atoms with Crippen molar-refractivity contribution in [2.24, 2.45) is 5.73 Å². The molecule has 18 heavy (non-hydrogen) atoms. The van der Waals surface area contributed by atoms with E-state index in [4.69, 9.17) is 10.5 Å². The Morgan fingerprint density at radius 2 is 2.06 bits per heavy atom. The molecule has 0 aromatic carbocycles. The van der Waals surface area contributed by atoms with E-state index >= 15 is 0 Å². The van der Waals surface area contributed by atoms with Crippen LogP contribution in [0.4, 0.5) is 0 Å². The summed E-state index contributed by atoms with van der Waals surface area (Å²) in [5, 5.41) is 2.86. The van der Waals surface area contributed by atoms with Gasteiger partial charge in [-0.1, -0.05) is 13.0 Å². The Hall–Kier alpha value is -0.870. The Morgan fingerprint density at radius 1 is 1.39 bits per heavy atom. The molecule has 1 rings (SSSR count). The number of amides is 1. The first-order valence-electron chi connectivity index (χ1n) is 6.95. The average molecular weight is 254 g/mol. The fourth-order valence-electron chi connectivity index (χ4n) is 2.18. The van der Waals surface area contributed by atoms with Gasteiger partial charge in [0, 0.05) is 18.2 Å². The van der Waals surface area contributed by atoms with Crippen LogP contribution >= 0.6 is 0 Å². The van der Waals surface area contributed by atoms with Gasteiger partial charge in [-0.25, -0.2) is 0 Å². The largest absolute Gasteiger partial charge is 0.376 e. The van der Waals surface area contributed by atoms with Crippen LogP contribution in [-0.4, -0.2) is 31.2 Å². The minimum absolute atomic E-state index is 0.00566. The highest BCUT2D eigenvalue weighted by Gasteiger charge is 2.18. The summed E-state index contributed by atoms with van der Waals surface area (Å²) in [5.41, 5.74) is 6.61. The van der Waals surface area contributed by atoms with Crippen molar-refractivity contribution in [3.8, 4) is 0 Å². The average Bonchev–Trinajstić information content (AvgIpc) is 2.36. The maximum atomic E-state index is 11.6. The number of nitrogens with two attached hydrogens (primary N) is 1. The standard InChI is InChI=1S/C14H26N2O2/c1-3-4-11(2)14(17)16-9-10-18-13-7-5-12(15)6-8-13/h4,12-13H,3,5-10,15H2,1-2H3,(H,16,17). The Balaban J connectivity index is 2.08. The monoisotopic (exact) mass is 254 g/mol. The number of hydrogen-bond donors (Lipinski definition) is 2. The Morgan fingerprint density at radius 3 is 2.67 bits per heavy atom. The predicted octanol–water partition coefficient (Wildman–Crippen LogP) is 1.75. The third-order valence-corrected chi connectivity index (χ3v) is 3.33. The highest BCUT2D eigenvalue weighted by atomic mass is 16.5. The first-order valence-corrected chi connectivity index (χ1v) is 6.95. The molecule has 0 atom stereocenters. The molecule has 4 heteroatoms. The summed E-state index contributed by atoms with van der Waals surface area (Å²) in [4.78, 5) is 11.6. The minimum Gasteiger partial charge on any atom is -0.376 e. The Kier molecular flexibility index (Phi) is 6.98. The summed E-state index contributed by atoms with van der Waals surface area (Å²) in [7, 11) is 0. The highest BCUT2D eigenvalue weighted by molar-refractivity contribution is 5.92. The molecule has 0 saturated heterocycles. The molecule has 0 aromatic heterocycles. The van der Waals surface area contributed by atoms with Gasteiger partial charge < -0.3 is 15.8 Å². The Bertz CT molecular complexity index is 282. The molecule has 3 N–H and O–H groups in total. The van der Waals surface area contributed by atoms with Crippen LogP contribution in [0, 0.1) is 0 Å². The van der Waals surface area contributed by atoms with Crippen molar-refractivity contribution in [2.75, 3.05) is 13.2 Å². The number of ether oxygens (including phenoxy) is 1. The summed E-state index contributed by atoms with van der Waals surface area (Å²) in [6.07, 6.45) is 7.34. The van der Waals surface area contributed by atoms with Crippen LogP contribution in [0.2, 0.25) is 0 Å². The second-order valence-corrected chi connectivity index (χ2v) is 4.96. The maximum Gasteiger partial charge on any atom is 0.246 e. The van der Waals surface area contributed by atoms with Crippen LogP contribution in [0.25, 0.3) is 0 Å². The van der Waals surface area contributed by atoms with E-state index in [1.54, 1.807) is 0 Å². The van der Waals surface area contributed by atoms with Gasteiger partial charge in [0.2, 0.25) is 5.91 Å². The lowest BCUT2D eigenvalue weighted by atomic mass is 9.94. The molecule has 0 heterocycles. The van der Waals surface area contributed by atoms with Crippen LogP contribution in [0.15, 0.2) is 11.6 Å². The second-order valence-electron chi connectivity index (χ2n) is 4.96. The van der Waals surface area contributed by atoms with E-state index in [0.717, 1.165) is 37.7 Å². The van der Waals surface area contributed by atoms with Crippen molar-refractivity contribution in [3.05, 3.63) is 11.6 Å². The number of nitrogens with one attached hydrogen (secondary N) is 1. The van der Waals surface area contributed by atoms with Crippen molar-refractivity contribution in [1.29, 1.82) is 0 Å². The molecule has 0 spiro atoms. The molecule has 1 aliphatic rings. The van der Waals surface area contributed by atoms with Crippen molar-refractivity contribution < 1.29 is 9.53 Å². The summed E-state index contributed by atoms with van der Waals surface area (Å²) in [6, 6.07) is 0.353. The molecule has 0 bridgehead atoms. The van der Waals surface area contributed by atoms with Gasteiger partial charge >= 0.3 is 0 Å². The molecule has 0 unspecified atom stereocenters. The van der Waals surface area contributed by atoms with Crippen LogP contribution in [-0.2, 0) is 9.53 Å². The van der Waals surface area contributed by atoms with Crippen LogP contribution in [0.3, 0.4) is 0 Å². The molecule has 1 saturated carbocycles. The van der Waals surface area contributed by atoms with E-state index in [1.807, 2.05) is 19.9 Å². The lowest BCUT2D eigenvalue weighted by Gasteiger charge is -2.26. The third kappa shape index (κ3) is 5.65. The van der Waals surface area contributed by atoms with Gasteiger partial charge in [0.1, 0.15) is 0 Å². The number of rotatable bonds is 6. The SMILES string of the molecule is CCC=C(C)C(=O)NCCOC1CCC(N)CC1. The summed E-state index contributed by atoms with van der Waals surface area (Å²) >= 11 is 0. The van der Waals surface area contributed by atoms with Crippen LogP contribution in [0.5, 0.6) is 0 Å². The summed E-state index contributed by atoms with van der Waals surface area (Å²) in [5.74, 6) is 0.00566. The normalized spacial score (nSPS) is 24.9. The van der Waals surface area contributed by atoms with E-state index in [9.17, 15) is 4.79 Å². The predicted molar refractivity (Wildman–Crippen MR) is 73.2 cm³/mol. The molecule has 0 aliphatic heterocycles. The quantitative estimate of drug-likeness (QED) is 0.560. The first kappa shape index (κ1) is 15.2. The molecule has 1 fully saturated rings. The zero-order valence-electron chi connectivity index (χ0n) is 11.6. The number of hydrogen-bond acceptors (Lipinski definition) is 3. The maximum absolute atomic E-state index is 11.6. The Labute approximate surface area is 110 Å². The zero-order valence-corrected chi connectivity index (χ0v) is 11.6. The molecule has 0 radical (unpaired) electrons.